The van der Waals surface area contributed by atoms with Crippen LogP contribution in [-0.2, 0) is 14.9 Å². The van der Waals surface area contributed by atoms with Gasteiger partial charge in [-0.25, -0.2) is 4.39 Å². The van der Waals surface area contributed by atoms with Crippen LogP contribution in [0.25, 0.3) is 0 Å². The van der Waals surface area contributed by atoms with Crippen molar-refractivity contribution in [3.8, 4) is 0 Å². The number of carbonyl (C=O) groups excluding carboxylic acids is 1. The Balaban J connectivity index is 1.55. The molecule has 1 aromatic carbocycles. The number of nitrogens with zero attached hydrogens (tertiary/aromatic N) is 3. The Morgan fingerprint density at radius 1 is 1.29 bits per heavy atom. The first-order valence-electron chi connectivity index (χ1n) is 8.13. The second-order valence-electron chi connectivity index (χ2n) is 6.30. The molecule has 0 unspecified atom stereocenters. The minimum absolute atomic E-state index is 0.00945. The molecule has 6 heteroatoms. The number of aromatic nitrogens is 2. The molecule has 0 radical (unpaired) electrons. The van der Waals surface area contributed by atoms with Crippen molar-refractivity contribution >= 4 is 5.91 Å². The Hall–Kier alpha value is -2.34. The zero-order valence-electron chi connectivity index (χ0n) is 13.2. The second kappa shape index (κ2) is 5.94. The van der Waals surface area contributed by atoms with Crippen molar-refractivity contribution in [1.82, 2.24) is 14.9 Å². The number of carbonyl (C=O) groups is 1. The standard InChI is InChI=1S/C18H18FN3O2/c19-14-4-2-1-3-13(14)18(5-6-18)17(23)22-9-10-24-16(12-22)15-11-20-7-8-21-15/h1-4,7-8,11,16H,5-6,9-10,12H2/t16-/m0/s1. The maximum Gasteiger partial charge on any atom is 0.233 e. The summed E-state index contributed by atoms with van der Waals surface area (Å²) in [6.07, 6.45) is 5.98. The van der Waals surface area contributed by atoms with Crippen molar-refractivity contribution in [2.45, 2.75) is 24.4 Å². The molecular weight excluding hydrogens is 309 g/mol. The van der Waals surface area contributed by atoms with Gasteiger partial charge in [-0.3, -0.25) is 14.8 Å². The van der Waals surface area contributed by atoms with Crippen LogP contribution in [0.5, 0.6) is 0 Å². The average Bonchev–Trinajstić information content (AvgIpc) is 3.44. The summed E-state index contributed by atoms with van der Waals surface area (Å²) in [6, 6.07) is 6.58. The Morgan fingerprint density at radius 2 is 2.12 bits per heavy atom. The van der Waals surface area contributed by atoms with E-state index in [0.717, 1.165) is 0 Å². The highest BCUT2D eigenvalue weighted by molar-refractivity contribution is 5.91. The number of morpholine rings is 1. The number of benzene rings is 1. The fourth-order valence-corrected chi connectivity index (χ4v) is 3.36. The van der Waals surface area contributed by atoms with E-state index in [2.05, 4.69) is 9.97 Å². The minimum Gasteiger partial charge on any atom is -0.368 e. The number of hydrogen-bond acceptors (Lipinski definition) is 4. The first-order chi connectivity index (χ1) is 11.7. The fourth-order valence-electron chi connectivity index (χ4n) is 3.36. The molecule has 0 N–H and O–H groups in total. The molecule has 2 fully saturated rings. The Morgan fingerprint density at radius 3 is 2.83 bits per heavy atom. The maximum absolute atomic E-state index is 14.2. The van der Waals surface area contributed by atoms with E-state index in [1.807, 2.05) is 0 Å². The lowest BCUT2D eigenvalue weighted by Crippen LogP contribution is -2.47. The highest BCUT2D eigenvalue weighted by Crippen LogP contribution is 2.50. The third-order valence-electron chi connectivity index (χ3n) is 4.82. The van der Waals surface area contributed by atoms with Crippen molar-refractivity contribution in [3.63, 3.8) is 0 Å². The van der Waals surface area contributed by atoms with Gasteiger partial charge in [0.2, 0.25) is 5.91 Å². The number of halogens is 1. The van der Waals surface area contributed by atoms with Gasteiger partial charge in [0.05, 0.1) is 30.5 Å². The Bertz CT molecular complexity index is 749. The van der Waals surface area contributed by atoms with Gasteiger partial charge >= 0.3 is 0 Å². The number of ether oxygens (including phenoxy) is 1. The van der Waals surface area contributed by atoms with E-state index < -0.39 is 5.41 Å². The molecule has 1 aliphatic carbocycles. The largest absolute Gasteiger partial charge is 0.368 e. The van der Waals surface area contributed by atoms with Gasteiger partial charge in [0.15, 0.2) is 0 Å². The second-order valence-corrected chi connectivity index (χ2v) is 6.30. The quantitative estimate of drug-likeness (QED) is 0.868. The van der Waals surface area contributed by atoms with Gasteiger partial charge < -0.3 is 9.64 Å². The van der Waals surface area contributed by atoms with Crippen molar-refractivity contribution in [1.29, 1.82) is 0 Å². The van der Waals surface area contributed by atoms with Crippen LogP contribution in [0.3, 0.4) is 0 Å². The van der Waals surface area contributed by atoms with Crippen LogP contribution >= 0.6 is 0 Å². The molecule has 1 amide bonds. The molecule has 2 aromatic rings. The summed E-state index contributed by atoms with van der Waals surface area (Å²) in [7, 11) is 0. The van der Waals surface area contributed by atoms with Crippen LogP contribution < -0.4 is 0 Å². The summed E-state index contributed by atoms with van der Waals surface area (Å²) in [5.74, 6) is -0.313. The molecule has 1 aliphatic heterocycles. The molecule has 24 heavy (non-hydrogen) atoms. The van der Waals surface area contributed by atoms with Crippen molar-refractivity contribution in [2.75, 3.05) is 19.7 Å². The predicted octanol–water partition coefficient (Wildman–Crippen LogP) is 2.25. The summed E-state index contributed by atoms with van der Waals surface area (Å²) in [4.78, 5) is 23.2. The van der Waals surface area contributed by atoms with Crippen LogP contribution in [0.4, 0.5) is 4.39 Å². The normalized spacial score (nSPS) is 22.2. The first kappa shape index (κ1) is 15.2. The first-order valence-corrected chi connectivity index (χ1v) is 8.13. The van der Waals surface area contributed by atoms with E-state index in [1.54, 1.807) is 41.7 Å². The van der Waals surface area contributed by atoms with Gasteiger partial charge in [-0.2, -0.15) is 0 Å². The molecule has 4 rings (SSSR count). The number of amides is 1. The molecule has 1 saturated carbocycles. The lowest BCUT2D eigenvalue weighted by molar-refractivity contribution is -0.142. The molecule has 0 bridgehead atoms. The van der Waals surface area contributed by atoms with E-state index >= 15 is 0 Å². The summed E-state index contributed by atoms with van der Waals surface area (Å²) in [5, 5.41) is 0. The van der Waals surface area contributed by atoms with E-state index in [0.29, 0.717) is 43.8 Å². The maximum atomic E-state index is 14.2. The number of rotatable bonds is 3. The van der Waals surface area contributed by atoms with Gasteiger partial charge in [0, 0.05) is 24.5 Å². The molecule has 5 nitrogen and oxygen atoms in total. The van der Waals surface area contributed by atoms with Crippen molar-refractivity contribution in [3.05, 3.63) is 59.9 Å². The average molecular weight is 327 g/mol. The fraction of sp³-hybridized carbons (Fsp3) is 0.389. The third kappa shape index (κ3) is 2.57. The van der Waals surface area contributed by atoms with Crippen molar-refractivity contribution in [2.24, 2.45) is 0 Å². The van der Waals surface area contributed by atoms with Crippen LogP contribution in [0.15, 0.2) is 42.9 Å². The van der Waals surface area contributed by atoms with Crippen LogP contribution in [0.1, 0.15) is 30.2 Å². The van der Waals surface area contributed by atoms with Crippen LogP contribution in [0, 0.1) is 5.82 Å². The van der Waals surface area contributed by atoms with Crippen LogP contribution in [0.2, 0.25) is 0 Å². The molecule has 2 heterocycles. The molecule has 2 aliphatic rings. The van der Waals surface area contributed by atoms with Crippen molar-refractivity contribution < 1.29 is 13.9 Å². The predicted molar refractivity (Wildman–Crippen MR) is 84.6 cm³/mol. The van der Waals surface area contributed by atoms with Gasteiger partial charge in [0.1, 0.15) is 11.9 Å². The summed E-state index contributed by atoms with van der Waals surface area (Å²) in [6.45, 7) is 1.39. The summed E-state index contributed by atoms with van der Waals surface area (Å²) < 4.78 is 19.9. The van der Waals surface area contributed by atoms with Gasteiger partial charge in [-0.1, -0.05) is 18.2 Å². The van der Waals surface area contributed by atoms with E-state index in [9.17, 15) is 9.18 Å². The van der Waals surface area contributed by atoms with E-state index in [4.69, 9.17) is 4.74 Å². The topological polar surface area (TPSA) is 55.3 Å². The Kier molecular flexibility index (Phi) is 3.76. The third-order valence-corrected chi connectivity index (χ3v) is 4.82. The monoisotopic (exact) mass is 327 g/mol. The molecule has 1 saturated heterocycles. The molecular formula is C18H18FN3O2. The zero-order valence-corrected chi connectivity index (χ0v) is 13.2. The Labute approximate surface area is 139 Å². The highest BCUT2D eigenvalue weighted by atomic mass is 19.1. The van der Waals surface area contributed by atoms with Gasteiger partial charge in [-0.05, 0) is 18.9 Å². The number of hydrogen-bond donors (Lipinski definition) is 0. The molecule has 0 spiro atoms. The minimum atomic E-state index is -0.699. The van der Waals surface area contributed by atoms with Crippen LogP contribution in [-0.4, -0.2) is 40.5 Å². The zero-order chi connectivity index (χ0) is 16.6. The van der Waals surface area contributed by atoms with Gasteiger partial charge in [-0.15, -0.1) is 0 Å². The van der Waals surface area contributed by atoms with E-state index in [-0.39, 0.29) is 17.8 Å². The van der Waals surface area contributed by atoms with E-state index in [1.165, 1.54) is 6.07 Å². The summed E-state index contributed by atoms with van der Waals surface area (Å²) >= 11 is 0. The smallest absolute Gasteiger partial charge is 0.233 e. The SMILES string of the molecule is O=C(N1CCO[C@H](c2cnccn2)C1)C1(c2ccccc2F)CC1. The lowest BCUT2D eigenvalue weighted by Gasteiger charge is -2.35. The lowest BCUT2D eigenvalue weighted by atomic mass is 9.93. The molecule has 1 aromatic heterocycles. The van der Waals surface area contributed by atoms with Gasteiger partial charge in [0.25, 0.3) is 0 Å². The molecule has 1 atom stereocenters. The highest BCUT2D eigenvalue weighted by Gasteiger charge is 2.54. The summed E-state index contributed by atoms with van der Waals surface area (Å²) in [5.41, 5.74) is 0.526. The molecule has 124 valence electrons.